The van der Waals surface area contributed by atoms with E-state index in [1.807, 2.05) is 6.07 Å². The largest absolute Gasteiger partial charge is 0.497 e. The lowest BCUT2D eigenvalue weighted by Gasteiger charge is -2.18. The van der Waals surface area contributed by atoms with Crippen molar-refractivity contribution in [1.82, 2.24) is 4.98 Å². The number of aryl methyl sites for hydroxylation is 1. The minimum absolute atomic E-state index is 0.0119. The molecule has 0 radical (unpaired) electrons. The second-order valence-electron chi connectivity index (χ2n) is 4.98. The Morgan fingerprint density at radius 1 is 1.19 bits per heavy atom. The van der Waals surface area contributed by atoms with Gasteiger partial charge in [0.1, 0.15) is 5.75 Å². The zero-order valence-corrected chi connectivity index (χ0v) is 11.7. The van der Waals surface area contributed by atoms with E-state index in [1.54, 1.807) is 43.6 Å². The van der Waals surface area contributed by atoms with E-state index in [-0.39, 0.29) is 11.3 Å². The first-order valence-corrected chi connectivity index (χ1v) is 6.79. The molecule has 0 unspecified atom stereocenters. The van der Waals surface area contributed by atoms with Crippen LogP contribution in [0.15, 0.2) is 46.9 Å². The highest BCUT2D eigenvalue weighted by molar-refractivity contribution is 6.13. The molecule has 4 nitrogen and oxygen atoms in total. The summed E-state index contributed by atoms with van der Waals surface area (Å²) in [6.45, 7) is 0. The fraction of sp³-hybridized carbons (Fsp3) is 0.176. The molecule has 0 saturated heterocycles. The lowest BCUT2D eigenvalue weighted by molar-refractivity contribution is 0.102. The molecule has 0 bridgehead atoms. The first kappa shape index (κ1) is 13.4. The van der Waals surface area contributed by atoms with Crippen molar-refractivity contribution >= 4 is 11.9 Å². The summed E-state index contributed by atoms with van der Waals surface area (Å²) in [6.07, 6.45) is 4.67. The van der Waals surface area contributed by atoms with Gasteiger partial charge in [0.05, 0.1) is 7.11 Å². The Morgan fingerprint density at radius 2 is 2.05 bits per heavy atom. The second-order valence-corrected chi connectivity index (χ2v) is 4.98. The van der Waals surface area contributed by atoms with Gasteiger partial charge in [-0.25, -0.2) is 0 Å². The van der Waals surface area contributed by atoms with Gasteiger partial charge >= 0.3 is 0 Å². The number of fused-ring (bicyclic) bond motifs is 1. The van der Waals surface area contributed by atoms with E-state index >= 15 is 0 Å². The molecular weight excluding hydrogens is 266 g/mol. The van der Waals surface area contributed by atoms with E-state index < -0.39 is 0 Å². The molecule has 0 aliphatic heterocycles. The van der Waals surface area contributed by atoms with Gasteiger partial charge in [0, 0.05) is 22.9 Å². The number of Topliss-reactive ketones (excluding diaryl/α,β-unsaturated/α-hetero) is 1. The number of carbonyl (C=O) groups is 1. The van der Waals surface area contributed by atoms with E-state index in [1.165, 1.54) is 0 Å². The molecule has 106 valence electrons. The average molecular weight is 281 g/mol. The van der Waals surface area contributed by atoms with Crippen LogP contribution < -0.4 is 10.3 Å². The van der Waals surface area contributed by atoms with E-state index in [0.717, 1.165) is 17.7 Å². The monoisotopic (exact) mass is 281 g/mol. The molecule has 0 spiro atoms. The van der Waals surface area contributed by atoms with Crippen molar-refractivity contribution < 1.29 is 9.53 Å². The normalized spacial score (nSPS) is 15.9. The number of nitrogens with one attached hydrogen (secondary N) is 1. The number of aromatic nitrogens is 1. The number of pyridine rings is 1. The summed E-state index contributed by atoms with van der Waals surface area (Å²) in [4.78, 5) is 26.8. The Labute approximate surface area is 122 Å². The number of allylic oxidation sites excluding steroid dienone is 1. The van der Waals surface area contributed by atoms with Crippen molar-refractivity contribution in [1.29, 1.82) is 0 Å². The highest BCUT2D eigenvalue weighted by Gasteiger charge is 2.22. The fourth-order valence-electron chi connectivity index (χ4n) is 2.55. The number of methoxy groups -OCH3 is 1. The molecule has 0 fully saturated rings. The van der Waals surface area contributed by atoms with Crippen molar-refractivity contribution in [3.8, 4) is 5.75 Å². The minimum atomic E-state index is -0.182. The lowest BCUT2D eigenvalue weighted by atomic mass is 9.86. The van der Waals surface area contributed by atoms with Crippen LogP contribution in [-0.4, -0.2) is 17.9 Å². The molecule has 1 aliphatic carbocycles. The number of hydrogen-bond acceptors (Lipinski definition) is 3. The quantitative estimate of drug-likeness (QED) is 0.861. The Morgan fingerprint density at radius 3 is 2.81 bits per heavy atom. The van der Waals surface area contributed by atoms with Crippen molar-refractivity contribution in [3.63, 3.8) is 0 Å². The summed E-state index contributed by atoms with van der Waals surface area (Å²) >= 11 is 0. The van der Waals surface area contributed by atoms with Gasteiger partial charge in [0.15, 0.2) is 5.78 Å². The number of benzene rings is 1. The molecule has 1 N–H and O–H groups in total. The molecule has 0 amide bonds. The number of rotatable bonds is 2. The number of carbonyl (C=O) groups excluding carboxylic acids is 1. The Hall–Kier alpha value is -2.62. The molecule has 1 aromatic heterocycles. The van der Waals surface area contributed by atoms with Crippen molar-refractivity contribution in [2.75, 3.05) is 7.11 Å². The van der Waals surface area contributed by atoms with Gasteiger partial charge in [-0.15, -0.1) is 0 Å². The minimum Gasteiger partial charge on any atom is -0.497 e. The van der Waals surface area contributed by atoms with Gasteiger partial charge in [-0.3, -0.25) is 9.59 Å². The summed E-state index contributed by atoms with van der Waals surface area (Å²) < 4.78 is 5.18. The lowest BCUT2D eigenvalue weighted by Crippen LogP contribution is -2.15. The predicted molar refractivity (Wildman–Crippen MR) is 80.7 cm³/mol. The molecule has 21 heavy (non-hydrogen) atoms. The standard InChI is InChI=1S/C17H15NO3/c1-21-14-6-7-15-11(10-14)4-5-12(16(15)19)9-13-3-2-8-18-17(13)20/h2-3,6-10H,4-5H2,1H3,(H,18,20)/b12-9+. The number of aromatic amines is 1. The van der Waals surface area contributed by atoms with Crippen LogP contribution in [0.4, 0.5) is 0 Å². The van der Waals surface area contributed by atoms with Crippen LogP contribution in [0, 0.1) is 0 Å². The molecule has 0 atom stereocenters. The van der Waals surface area contributed by atoms with Crippen LogP contribution in [-0.2, 0) is 6.42 Å². The van der Waals surface area contributed by atoms with E-state index in [2.05, 4.69) is 4.98 Å². The van der Waals surface area contributed by atoms with Gasteiger partial charge in [-0.1, -0.05) is 0 Å². The number of ether oxygens (including phenoxy) is 1. The summed E-state index contributed by atoms with van der Waals surface area (Å²) in [7, 11) is 1.61. The molecule has 4 heteroatoms. The Bertz CT molecular complexity index is 787. The summed E-state index contributed by atoms with van der Waals surface area (Å²) in [5.41, 5.74) is 2.69. The van der Waals surface area contributed by atoms with Gasteiger partial charge in [0.2, 0.25) is 0 Å². The van der Waals surface area contributed by atoms with Gasteiger partial charge < -0.3 is 9.72 Å². The van der Waals surface area contributed by atoms with E-state index in [4.69, 9.17) is 4.74 Å². The summed E-state index contributed by atoms with van der Waals surface area (Å²) in [6, 6.07) is 8.94. The van der Waals surface area contributed by atoms with E-state index in [9.17, 15) is 9.59 Å². The molecule has 2 aromatic rings. The maximum atomic E-state index is 12.5. The Kier molecular flexibility index (Phi) is 3.44. The molecule has 1 aliphatic rings. The molecule has 1 aromatic carbocycles. The zero-order chi connectivity index (χ0) is 14.8. The first-order valence-electron chi connectivity index (χ1n) is 6.79. The third-order valence-corrected chi connectivity index (χ3v) is 3.69. The molecule has 3 rings (SSSR count). The summed E-state index contributed by atoms with van der Waals surface area (Å²) in [5.74, 6) is 0.746. The molecular formula is C17H15NO3. The maximum absolute atomic E-state index is 12.5. The van der Waals surface area contributed by atoms with Gasteiger partial charge in [0.25, 0.3) is 5.56 Å². The van der Waals surface area contributed by atoms with Crippen LogP contribution in [0.5, 0.6) is 5.75 Å². The van der Waals surface area contributed by atoms with Crippen LogP contribution in [0.1, 0.15) is 27.9 Å². The van der Waals surface area contributed by atoms with Crippen LogP contribution in [0.25, 0.3) is 6.08 Å². The highest BCUT2D eigenvalue weighted by atomic mass is 16.5. The van der Waals surface area contributed by atoms with E-state index in [0.29, 0.717) is 23.1 Å². The third kappa shape index (κ3) is 2.52. The number of H-pyrrole nitrogens is 1. The zero-order valence-electron chi connectivity index (χ0n) is 11.7. The van der Waals surface area contributed by atoms with Crippen LogP contribution >= 0.6 is 0 Å². The predicted octanol–water partition coefficient (Wildman–Crippen LogP) is 2.60. The number of hydrogen-bond donors (Lipinski definition) is 1. The fourth-order valence-corrected chi connectivity index (χ4v) is 2.55. The smallest absolute Gasteiger partial charge is 0.255 e. The van der Waals surface area contributed by atoms with Crippen LogP contribution in [0.3, 0.4) is 0 Å². The maximum Gasteiger partial charge on any atom is 0.255 e. The molecule has 0 saturated carbocycles. The van der Waals surface area contributed by atoms with Crippen molar-refractivity contribution in [2.24, 2.45) is 0 Å². The van der Waals surface area contributed by atoms with Crippen LogP contribution in [0.2, 0.25) is 0 Å². The molecule has 1 heterocycles. The van der Waals surface area contributed by atoms with Gasteiger partial charge in [-0.05, 0) is 54.8 Å². The SMILES string of the molecule is COc1ccc2c(c1)CC/C(=C\c1ccc[nH]c1=O)C2=O. The Balaban J connectivity index is 2.00. The first-order chi connectivity index (χ1) is 10.2. The van der Waals surface area contributed by atoms with Gasteiger partial charge in [-0.2, -0.15) is 0 Å². The topological polar surface area (TPSA) is 59.2 Å². The number of ketones is 1. The second kappa shape index (κ2) is 5.40. The summed E-state index contributed by atoms with van der Waals surface area (Å²) in [5, 5.41) is 0. The van der Waals surface area contributed by atoms with Crippen molar-refractivity contribution in [3.05, 3.63) is 69.1 Å². The average Bonchev–Trinajstić information content (AvgIpc) is 2.51. The highest BCUT2D eigenvalue weighted by Crippen LogP contribution is 2.29. The van der Waals surface area contributed by atoms with Crippen molar-refractivity contribution in [2.45, 2.75) is 12.8 Å². The third-order valence-electron chi connectivity index (χ3n) is 3.69.